The second-order valence-electron chi connectivity index (χ2n) is 5.17. The van der Waals surface area contributed by atoms with Crippen LogP contribution >= 0.6 is 0 Å². The second-order valence-corrected chi connectivity index (χ2v) is 5.17. The summed E-state index contributed by atoms with van der Waals surface area (Å²) < 4.78 is 37.7. The molecule has 2 aromatic carbocycles. The van der Waals surface area contributed by atoms with E-state index in [0.29, 0.717) is 0 Å². The summed E-state index contributed by atoms with van der Waals surface area (Å²) in [7, 11) is 0. The van der Waals surface area contributed by atoms with E-state index >= 15 is 0 Å². The van der Waals surface area contributed by atoms with Crippen LogP contribution in [-0.4, -0.2) is 16.1 Å². The van der Waals surface area contributed by atoms with Gasteiger partial charge in [0, 0.05) is 5.56 Å². The second kappa shape index (κ2) is 5.93. The molecule has 0 aliphatic carbocycles. The summed E-state index contributed by atoms with van der Waals surface area (Å²) in [5.74, 6) is -0.707. The van der Waals surface area contributed by atoms with Gasteiger partial charge in [-0.1, -0.05) is 6.07 Å². The van der Waals surface area contributed by atoms with Gasteiger partial charge >= 0.3 is 6.18 Å². The van der Waals surface area contributed by atoms with Crippen LogP contribution in [0.15, 0.2) is 52.1 Å². The summed E-state index contributed by atoms with van der Waals surface area (Å²) in [6.07, 6.45) is -4.50. The van der Waals surface area contributed by atoms with Crippen molar-refractivity contribution >= 4 is 22.4 Å². The molecule has 6 nitrogen and oxygen atoms in total. The van der Waals surface area contributed by atoms with Crippen LogP contribution in [0.4, 0.5) is 18.9 Å². The third-order valence-electron chi connectivity index (χ3n) is 3.55. The van der Waals surface area contributed by atoms with Gasteiger partial charge in [0.25, 0.3) is 17.0 Å². The number of carbonyl (C=O) groups excluding carboxylic acids is 1. The van der Waals surface area contributed by atoms with Gasteiger partial charge in [-0.15, -0.1) is 0 Å². The zero-order chi connectivity index (χ0) is 18.2. The van der Waals surface area contributed by atoms with Crippen LogP contribution in [0.5, 0.6) is 0 Å². The van der Waals surface area contributed by atoms with Crippen molar-refractivity contribution in [3.05, 3.63) is 74.3 Å². The molecule has 1 amide bonds. The number of aromatic nitrogens is 2. The van der Waals surface area contributed by atoms with Crippen molar-refractivity contribution in [2.75, 3.05) is 5.32 Å². The largest absolute Gasteiger partial charge is 0.416 e. The molecule has 0 bridgehead atoms. The Labute approximate surface area is 137 Å². The number of H-pyrrole nitrogens is 2. The Bertz CT molecular complexity index is 1070. The Hall–Kier alpha value is -3.36. The van der Waals surface area contributed by atoms with Crippen molar-refractivity contribution in [3.63, 3.8) is 0 Å². The lowest BCUT2D eigenvalue weighted by Gasteiger charge is -2.09. The van der Waals surface area contributed by atoms with Crippen molar-refractivity contribution in [2.24, 2.45) is 0 Å². The Kier molecular flexibility index (Phi) is 3.91. The molecule has 0 radical (unpaired) electrons. The molecule has 1 aromatic heterocycles. The lowest BCUT2D eigenvalue weighted by Crippen LogP contribution is -2.21. The van der Waals surface area contributed by atoms with E-state index in [1.165, 1.54) is 18.2 Å². The highest BCUT2D eigenvalue weighted by Gasteiger charge is 2.30. The van der Waals surface area contributed by atoms with Gasteiger partial charge < -0.3 is 5.32 Å². The molecule has 1 heterocycles. The summed E-state index contributed by atoms with van der Waals surface area (Å²) in [5, 5.41) is 6.80. The van der Waals surface area contributed by atoms with Gasteiger partial charge in [-0.25, -0.2) is 0 Å². The number of halogens is 3. The van der Waals surface area contributed by atoms with Crippen molar-refractivity contribution in [1.29, 1.82) is 0 Å². The van der Waals surface area contributed by atoms with E-state index in [9.17, 15) is 27.6 Å². The number of anilines is 1. The van der Waals surface area contributed by atoms with Gasteiger partial charge in [0.1, 0.15) is 0 Å². The van der Waals surface area contributed by atoms with Crippen LogP contribution in [0.25, 0.3) is 10.8 Å². The van der Waals surface area contributed by atoms with Crippen molar-refractivity contribution < 1.29 is 18.0 Å². The molecule has 128 valence electrons. The molecule has 0 fully saturated rings. The SMILES string of the molecule is O=C(Nc1cccc2c(=O)[nH][nH]c(=O)c12)c1ccc(C(F)(F)F)cc1. The van der Waals surface area contributed by atoms with E-state index in [2.05, 4.69) is 15.5 Å². The average molecular weight is 349 g/mol. The minimum atomic E-state index is -4.50. The van der Waals surface area contributed by atoms with E-state index in [0.717, 1.165) is 24.3 Å². The molecule has 0 spiro atoms. The van der Waals surface area contributed by atoms with E-state index in [4.69, 9.17) is 0 Å². The highest BCUT2D eigenvalue weighted by Crippen LogP contribution is 2.29. The zero-order valence-electron chi connectivity index (χ0n) is 12.4. The highest BCUT2D eigenvalue weighted by atomic mass is 19.4. The molecule has 0 aliphatic rings. The van der Waals surface area contributed by atoms with E-state index in [-0.39, 0.29) is 22.0 Å². The topological polar surface area (TPSA) is 94.8 Å². The van der Waals surface area contributed by atoms with Gasteiger partial charge in [-0.05, 0) is 36.4 Å². The Balaban J connectivity index is 1.97. The maximum absolute atomic E-state index is 12.6. The molecule has 25 heavy (non-hydrogen) atoms. The third kappa shape index (κ3) is 3.16. The van der Waals surface area contributed by atoms with Gasteiger partial charge in [-0.3, -0.25) is 24.6 Å². The number of rotatable bonds is 2. The fraction of sp³-hybridized carbons (Fsp3) is 0.0625. The molecular formula is C16H10F3N3O3. The summed E-state index contributed by atoms with van der Waals surface area (Å²) in [5.41, 5.74) is -1.98. The monoisotopic (exact) mass is 349 g/mol. The third-order valence-corrected chi connectivity index (χ3v) is 3.55. The maximum Gasteiger partial charge on any atom is 0.416 e. The van der Waals surface area contributed by atoms with Crippen LogP contribution < -0.4 is 16.4 Å². The fourth-order valence-electron chi connectivity index (χ4n) is 2.34. The standard InChI is InChI=1S/C16H10F3N3O3/c17-16(18,19)9-6-4-8(5-7-9)13(23)20-11-3-1-2-10-12(11)15(25)22-21-14(10)24/h1-7H,(H,20,23)(H,21,24)(H,22,25). The number of carbonyl (C=O) groups is 1. The zero-order valence-corrected chi connectivity index (χ0v) is 12.4. The molecule has 0 aliphatic heterocycles. The van der Waals surface area contributed by atoms with Crippen molar-refractivity contribution in [3.8, 4) is 0 Å². The number of aromatic amines is 2. The summed E-state index contributed by atoms with van der Waals surface area (Å²) in [4.78, 5) is 35.9. The fourth-order valence-corrected chi connectivity index (χ4v) is 2.34. The average Bonchev–Trinajstić information content (AvgIpc) is 2.57. The lowest BCUT2D eigenvalue weighted by molar-refractivity contribution is -0.137. The normalized spacial score (nSPS) is 11.5. The molecular weight excluding hydrogens is 339 g/mol. The Morgan fingerprint density at radius 3 is 2.20 bits per heavy atom. The number of hydrogen-bond donors (Lipinski definition) is 3. The van der Waals surface area contributed by atoms with Crippen LogP contribution in [0.3, 0.4) is 0 Å². The maximum atomic E-state index is 12.6. The molecule has 0 saturated heterocycles. The van der Waals surface area contributed by atoms with Crippen molar-refractivity contribution in [1.82, 2.24) is 10.2 Å². The Morgan fingerprint density at radius 1 is 0.920 bits per heavy atom. The highest BCUT2D eigenvalue weighted by molar-refractivity contribution is 6.08. The van der Waals surface area contributed by atoms with Gasteiger partial charge in [0.2, 0.25) is 0 Å². The molecule has 0 saturated carbocycles. The number of amides is 1. The molecule has 3 N–H and O–H groups in total. The quantitative estimate of drug-likeness (QED) is 0.663. The smallest absolute Gasteiger partial charge is 0.321 e. The molecule has 3 aromatic rings. The van der Waals surface area contributed by atoms with Crippen LogP contribution in [0, 0.1) is 0 Å². The first-order valence-electron chi connectivity index (χ1n) is 6.99. The van der Waals surface area contributed by atoms with E-state index in [1.54, 1.807) is 0 Å². The van der Waals surface area contributed by atoms with Gasteiger partial charge in [0.15, 0.2) is 0 Å². The lowest BCUT2D eigenvalue weighted by atomic mass is 10.1. The molecule has 0 unspecified atom stereocenters. The summed E-state index contributed by atoms with van der Waals surface area (Å²) in [6, 6.07) is 7.93. The van der Waals surface area contributed by atoms with E-state index in [1.807, 2.05) is 0 Å². The summed E-state index contributed by atoms with van der Waals surface area (Å²) >= 11 is 0. The number of alkyl halides is 3. The first kappa shape index (κ1) is 16.5. The van der Waals surface area contributed by atoms with Gasteiger partial charge in [0.05, 0.1) is 22.0 Å². The first-order valence-corrected chi connectivity index (χ1v) is 6.99. The Morgan fingerprint density at radius 2 is 1.56 bits per heavy atom. The minimum Gasteiger partial charge on any atom is -0.321 e. The van der Waals surface area contributed by atoms with Crippen LogP contribution in [0.1, 0.15) is 15.9 Å². The predicted octanol–water partition coefficient (Wildman–Crippen LogP) is 2.49. The van der Waals surface area contributed by atoms with Gasteiger partial charge in [-0.2, -0.15) is 13.2 Å². The predicted molar refractivity (Wildman–Crippen MR) is 84.6 cm³/mol. The van der Waals surface area contributed by atoms with Crippen LogP contribution in [0.2, 0.25) is 0 Å². The van der Waals surface area contributed by atoms with Crippen molar-refractivity contribution in [2.45, 2.75) is 6.18 Å². The first-order chi connectivity index (χ1) is 11.8. The molecule has 3 rings (SSSR count). The summed E-state index contributed by atoms with van der Waals surface area (Å²) in [6.45, 7) is 0. The number of fused-ring (bicyclic) bond motifs is 1. The molecule has 9 heteroatoms. The number of benzene rings is 2. The number of nitrogens with one attached hydrogen (secondary N) is 3. The number of hydrogen-bond acceptors (Lipinski definition) is 3. The van der Waals surface area contributed by atoms with E-state index < -0.39 is 28.8 Å². The molecule has 0 atom stereocenters. The van der Waals surface area contributed by atoms with Crippen LogP contribution in [-0.2, 0) is 6.18 Å². The minimum absolute atomic E-state index is 0.0217.